The van der Waals surface area contributed by atoms with Crippen LogP contribution in [-0.4, -0.2) is 0 Å². The lowest BCUT2D eigenvalue weighted by Gasteiger charge is -2.17. The molecule has 0 bridgehead atoms. The Bertz CT molecular complexity index is 238. The standard InChI is InChI=1S/C10H15NS/c1-7(8-4-5-8)10(11)9-3-2-6-12-9/h2-3,6-8,10H,4-5,11H2,1H3. The monoisotopic (exact) mass is 181 g/mol. The van der Waals surface area contributed by atoms with Crippen LogP contribution in [0.4, 0.5) is 0 Å². The van der Waals surface area contributed by atoms with Gasteiger partial charge in [0.15, 0.2) is 0 Å². The van der Waals surface area contributed by atoms with Crippen LogP contribution in [0.25, 0.3) is 0 Å². The third kappa shape index (κ3) is 1.54. The number of hydrogen-bond donors (Lipinski definition) is 1. The highest BCUT2D eigenvalue weighted by Crippen LogP contribution is 2.42. The molecule has 0 spiro atoms. The van der Waals surface area contributed by atoms with E-state index in [-0.39, 0.29) is 6.04 Å². The van der Waals surface area contributed by atoms with Crippen molar-refractivity contribution in [2.24, 2.45) is 17.6 Å². The topological polar surface area (TPSA) is 26.0 Å². The first-order valence-electron chi connectivity index (χ1n) is 4.58. The first-order chi connectivity index (χ1) is 5.79. The van der Waals surface area contributed by atoms with Gasteiger partial charge in [-0.1, -0.05) is 13.0 Å². The minimum atomic E-state index is 0.275. The van der Waals surface area contributed by atoms with Crippen molar-refractivity contribution in [1.82, 2.24) is 0 Å². The van der Waals surface area contributed by atoms with Crippen molar-refractivity contribution in [3.63, 3.8) is 0 Å². The number of nitrogens with two attached hydrogens (primary N) is 1. The molecule has 0 saturated heterocycles. The molecule has 1 aromatic heterocycles. The Morgan fingerprint density at radius 1 is 1.58 bits per heavy atom. The Kier molecular flexibility index (Phi) is 2.20. The SMILES string of the molecule is CC(C1CC1)C(N)c1cccs1. The average molecular weight is 181 g/mol. The molecule has 1 aliphatic carbocycles. The van der Waals surface area contributed by atoms with Crippen LogP contribution < -0.4 is 5.73 Å². The molecule has 2 N–H and O–H groups in total. The van der Waals surface area contributed by atoms with E-state index in [4.69, 9.17) is 5.73 Å². The second-order valence-corrected chi connectivity index (χ2v) is 4.72. The van der Waals surface area contributed by atoms with Crippen molar-refractivity contribution in [3.05, 3.63) is 22.4 Å². The quantitative estimate of drug-likeness (QED) is 0.762. The highest BCUT2D eigenvalue weighted by Gasteiger charge is 2.32. The fourth-order valence-electron chi connectivity index (χ4n) is 1.66. The molecular formula is C10H15NS. The van der Waals surface area contributed by atoms with E-state index in [1.807, 2.05) is 0 Å². The molecule has 2 rings (SSSR count). The Balaban J connectivity index is 2.03. The summed E-state index contributed by atoms with van der Waals surface area (Å²) in [6.07, 6.45) is 2.78. The van der Waals surface area contributed by atoms with Crippen LogP contribution >= 0.6 is 11.3 Å². The van der Waals surface area contributed by atoms with Gasteiger partial charge in [0.2, 0.25) is 0 Å². The third-order valence-corrected chi connectivity index (χ3v) is 3.78. The molecule has 0 radical (unpaired) electrons. The van der Waals surface area contributed by atoms with Gasteiger partial charge in [0, 0.05) is 10.9 Å². The van der Waals surface area contributed by atoms with E-state index in [9.17, 15) is 0 Å². The van der Waals surface area contributed by atoms with E-state index in [1.165, 1.54) is 17.7 Å². The first kappa shape index (κ1) is 8.27. The summed E-state index contributed by atoms with van der Waals surface area (Å²) in [6, 6.07) is 4.51. The molecule has 0 amide bonds. The molecule has 1 nitrogen and oxygen atoms in total. The summed E-state index contributed by atoms with van der Waals surface area (Å²) in [7, 11) is 0. The smallest absolute Gasteiger partial charge is 0.0418 e. The minimum absolute atomic E-state index is 0.275. The minimum Gasteiger partial charge on any atom is -0.323 e. The maximum Gasteiger partial charge on any atom is 0.0418 e. The van der Waals surface area contributed by atoms with Crippen molar-refractivity contribution in [3.8, 4) is 0 Å². The molecule has 2 heteroatoms. The van der Waals surface area contributed by atoms with Crippen LogP contribution in [0.1, 0.15) is 30.7 Å². The predicted molar refractivity (Wildman–Crippen MR) is 53.1 cm³/mol. The highest BCUT2D eigenvalue weighted by atomic mass is 32.1. The van der Waals surface area contributed by atoms with Gasteiger partial charge in [-0.05, 0) is 36.1 Å². The Labute approximate surface area is 77.6 Å². The molecule has 1 aliphatic rings. The number of hydrogen-bond acceptors (Lipinski definition) is 2. The molecule has 2 atom stereocenters. The van der Waals surface area contributed by atoms with E-state index in [0.29, 0.717) is 5.92 Å². The van der Waals surface area contributed by atoms with Gasteiger partial charge < -0.3 is 5.73 Å². The summed E-state index contributed by atoms with van der Waals surface area (Å²) in [5, 5.41) is 2.11. The molecular weight excluding hydrogens is 166 g/mol. The van der Waals surface area contributed by atoms with Gasteiger partial charge in [-0.25, -0.2) is 0 Å². The Morgan fingerprint density at radius 2 is 2.33 bits per heavy atom. The summed E-state index contributed by atoms with van der Waals surface area (Å²) in [5.41, 5.74) is 6.13. The van der Waals surface area contributed by atoms with E-state index in [0.717, 1.165) is 5.92 Å². The summed E-state index contributed by atoms with van der Waals surface area (Å²) >= 11 is 1.78. The molecule has 1 aromatic rings. The van der Waals surface area contributed by atoms with Gasteiger partial charge in [0.1, 0.15) is 0 Å². The summed E-state index contributed by atoms with van der Waals surface area (Å²) in [5.74, 6) is 1.57. The molecule has 0 aromatic carbocycles. The average Bonchev–Trinajstić information content (AvgIpc) is 2.79. The van der Waals surface area contributed by atoms with E-state index < -0.39 is 0 Å². The van der Waals surface area contributed by atoms with Gasteiger partial charge in [-0.2, -0.15) is 0 Å². The molecule has 2 unspecified atom stereocenters. The molecule has 1 heterocycles. The summed E-state index contributed by atoms with van der Waals surface area (Å²) in [4.78, 5) is 1.34. The number of rotatable bonds is 3. The van der Waals surface area contributed by atoms with Crippen molar-refractivity contribution in [2.75, 3.05) is 0 Å². The van der Waals surface area contributed by atoms with Crippen molar-refractivity contribution >= 4 is 11.3 Å². The Hall–Kier alpha value is -0.340. The van der Waals surface area contributed by atoms with E-state index in [1.54, 1.807) is 11.3 Å². The Morgan fingerprint density at radius 3 is 2.83 bits per heavy atom. The predicted octanol–water partition coefficient (Wildman–Crippen LogP) is 2.79. The van der Waals surface area contributed by atoms with Gasteiger partial charge in [-0.3, -0.25) is 0 Å². The summed E-state index contributed by atoms with van der Waals surface area (Å²) < 4.78 is 0. The maximum absolute atomic E-state index is 6.13. The molecule has 1 saturated carbocycles. The van der Waals surface area contributed by atoms with E-state index in [2.05, 4.69) is 24.4 Å². The zero-order valence-corrected chi connectivity index (χ0v) is 8.18. The lowest BCUT2D eigenvalue weighted by molar-refractivity contribution is 0.422. The van der Waals surface area contributed by atoms with Gasteiger partial charge in [0.05, 0.1) is 0 Å². The fourth-order valence-corrected chi connectivity index (χ4v) is 2.50. The zero-order valence-electron chi connectivity index (χ0n) is 7.36. The van der Waals surface area contributed by atoms with Crippen molar-refractivity contribution in [1.29, 1.82) is 0 Å². The third-order valence-electron chi connectivity index (χ3n) is 2.80. The normalized spacial score (nSPS) is 22.2. The molecule has 12 heavy (non-hydrogen) atoms. The van der Waals surface area contributed by atoms with Crippen LogP contribution in [0.2, 0.25) is 0 Å². The molecule has 0 aliphatic heterocycles. The van der Waals surface area contributed by atoms with Gasteiger partial charge >= 0.3 is 0 Å². The lowest BCUT2D eigenvalue weighted by Crippen LogP contribution is -2.19. The zero-order chi connectivity index (χ0) is 8.55. The van der Waals surface area contributed by atoms with Crippen LogP contribution in [0, 0.1) is 11.8 Å². The maximum atomic E-state index is 6.13. The largest absolute Gasteiger partial charge is 0.323 e. The second kappa shape index (κ2) is 3.19. The summed E-state index contributed by atoms with van der Waals surface area (Å²) in [6.45, 7) is 2.28. The van der Waals surface area contributed by atoms with Crippen LogP contribution in [0.15, 0.2) is 17.5 Å². The number of thiophene rings is 1. The van der Waals surface area contributed by atoms with Gasteiger partial charge in [-0.15, -0.1) is 11.3 Å². The van der Waals surface area contributed by atoms with Crippen LogP contribution in [0.5, 0.6) is 0 Å². The first-order valence-corrected chi connectivity index (χ1v) is 5.46. The van der Waals surface area contributed by atoms with Crippen LogP contribution in [-0.2, 0) is 0 Å². The lowest BCUT2D eigenvalue weighted by atomic mass is 9.96. The van der Waals surface area contributed by atoms with Gasteiger partial charge in [0.25, 0.3) is 0 Å². The molecule has 1 fully saturated rings. The van der Waals surface area contributed by atoms with Crippen molar-refractivity contribution in [2.45, 2.75) is 25.8 Å². The highest BCUT2D eigenvalue weighted by molar-refractivity contribution is 7.10. The second-order valence-electron chi connectivity index (χ2n) is 3.74. The fraction of sp³-hybridized carbons (Fsp3) is 0.600. The van der Waals surface area contributed by atoms with Crippen LogP contribution in [0.3, 0.4) is 0 Å². The van der Waals surface area contributed by atoms with Crippen molar-refractivity contribution < 1.29 is 0 Å². The molecule has 66 valence electrons. The van der Waals surface area contributed by atoms with E-state index >= 15 is 0 Å².